The van der Waals surface area contributed by atoms with E-state index in [4.69, 9.17) is 10.00 Å². The average molecular weight is 636 g/mol. The number of nitriles is 1. The van der Waals surface area contributed by atoms with Crippen molar-refractivity contribution in [1.29, 1.82) is 5.26 Å². The molecular formula is C34H29N5O4S2. The minimum atomic E-state index is -1.05. The number of thiazole rings is 2. The Morgan fingerprint density at radius 2 is 1.98 bits per heavy atom. The van der Waals surface area contributed by atoms with Crippen LogP contribution in [0.4, 0.5) is 10.3 Å². The molecule has 2 aromatic heterocycles. The summed E-state index contributed by atoms with van der Waals surface area (Å²) in [4.78, 5) is 37.4. The van der Waals surface area contributed by atoms with Gasteiger partial charge in [0.15, 0.2) is 16.0 Å². The molecule has 0 saturated heterocycles. The van der Waals surface area contributed by atoms with E-state index in [0.29, 0.717) is 65.6 Å². The molecule has 0 radical (unpaired) electrons. The van der Waals surface area contributed by atoms with Gasteiger partial charge in [-0.15, -0.1) is 11.3 Å². The standard InChI is InChI=1S/C34H29N5O4S2/c35-14-12-21-17-22-18-23(10-11-24(21)22)43-16-4-9-29-30(32(41)42)37-34(45-29)39-15-13-20-5-3-6-25(26(20)19-39)31(40)38-33-36-27-7-1-2-8-28(27)44-33/h1-3,5-8,10-11,18,21H,4,9,12-13,15-17,19H2,(H,41,42)(H,36,38,40). The Labute approximate surface area is 267 Å². The summed E-state index contributed by atoms with van der Waals surface area (Å²) < 4.78 is 6.98. The number of nitrogens with zero attached hydrogens (tertiary/aromatic N) is 4. The van der Waals surface area contributed by atoms with Crippen molar-refractivity contribution >= 4 is 55.0 Å². The fourth-order valence-electron chi connectivity index (χ4n) is 6.06. The molecule has 1 amide bonds. The molecule has 2 N–H and O–H groups in total. The van der Waals surface area contributed by atoms with E-state index >= 15 is 0 Å². The molecule has 0 spiro atoms. The molecule has 3 aromatic carbocycles. The highest BCUT2D eigenvalue weighted by molar-refractivity contribution is 7.22. The highest BCUT2D eigenvalue weighted by atomic mass is 32.1. The highest BCUT2D eigenvalue weighted by Crippen LogP contribution is 2.39. The maximum atomic E-state index is 13.4. The second-order valence-electron chi connectivity index (χ2n) is 11.2. The lowest BCUT2D eigenvalue weighted by Gasteiger charge is -2.29. The van der Waals surface area contributed by atoms with Crippen LogP contribution in [0.5, 0.6) is 5.75 Å². The minimum absolute atomic E-state index is 0.0761. The first-order valence-corrected chi connectivity index (χ1v) is 16.5. The second kappa shape index (κ2) is 12.3. The van der Waals surface area contributed by atoms with Gasteiger partial charge in [0.25, 0.3) is 5.91 Å². The van der Waals surface area contributed by atoms with Crippen LogP contribution in [0.15, 0.2) is 60.7 Å². The van der Waals surface area contributed by atoms with E-state index in [-0.39, 0.29) is 11.6 Å². The zero-order chi connectivity index (χ0) is 30.9. The van der Waals surface area contributed by atoms with Crippen molar-refractivity contribution < 1.29 is 19.4 Å². The van der Waals surface area contributed by atoms with Gasteiger partial charge in [0, 0.05) is 35.9 Å². The van der Waals surface area contributed by atoms with Crippen molar-refractivity contribution in [3.05, 3.63) is 99.1 Å². The average Bonchev–Trinajstić information content (AvgIpc) is 3.65. The first kappa shape index (κ1) is 29.0. The molecule has 7 rings (SSSR count). The Morgan fingerprint density at radius 3 is 2.80 bits per heavy atom. The predicted octanol–water partition coefficient (Wildman–Crippen LogP) is 6.83. The maximum absolute atomic E-state index is 13.4. The van der Waals surface area contributed by atoms with Crippen molar-refractivity contribution in [3.8, 4) is 11.8 Å². The summed E-state index contributed by atoms with van der Waals surface area (Å²) in [6, 6.07) is 21.8. The van der Waals surface area contributed by atoms with Gasteiger partial charge >= 0.3 is 5.97 Å². The molecule has 2 aliphatic rings. The largest absolute Gasteiger partial charge is 0.494 e. The molecule has 1 aliphatic heterocycles. The Balaban J connectivity index is 1.01. The molecule has 226 valence electrons. The van der Waals surface area contributed by atoms with Crippen LogP contribution in [0.1, 0.15) is 66.7 Å². The van der Waals surface area contributed by atoms with Crippen LogP contribution < -0.4 is 15.0 Å². The maximum Gasteiger partial charge on any atom is 0.355 e. The zero-order valence-corrected chi connectivity index (χ0v) is 25.9. The SMILES string of the molecule is N#CCC1Cc2cc(OCCCc3sc(N4CCc5cccc(C(=O)Nc6nc7ccccc7s6)c5C4)nc3C(=O)O)ccc21. The van der Waals surface area contributed by atoms with E-state index in [2.05, 4.69) is 26.3 Å². The van der Waals surface area contributed by atoms with Gasteiger partial charge < -0.3 is 14.7 Å². The summed E-state index contributed by atoms with van der Waals surface area (Å²) in [5, 5.41) is 23.0. The van der Waals surface area contributed by atoms with Crippen molar-refractivity contribution in [2.75, 3.05) is 23.4 Å². The Bertz CT molecular complexity index is 1940. The molecule has 11 heteroatoms. The number of nitrogens with one attached hydrogen (secondary N) is 1. The second-order valence-corrected chi connectivity index (χ2v) is 13.3. The number of para-hydroxylation sites is 1. The van der Waals surface area contributed by atoms with Gasteiger partial charge in [-0.3, -0.25) is 10.1 Å². The van der Waals surface area contributed by atoms with Crippen LogP contribution in [-0.4, -0.2) is 40.1 Å². The Hall–Kier alpha value is -4.79. The number of aromatic carboxylic acids is 1. The number of benzene rings is 3. The number of fused-ring (bicyclic) bond motifs is 3. The van der Waals surface area contributed by atoms with E-state index < -0.39 is 5.97 Å². The van der Waals surface area contributed by atoms with E-state index in [1.54, 1.807) is 0 Å². The van der Waals surface area contributed by atoms with E-state index in [1.807, 2.05) is 60.7 Å². The van der Waals surface area contributed by atoms with Gasteiger partial charge in [-0.05, 0) is 78.3 Å². The molecule has 45 heavy (non-hydrogen) atoms. The number of carboxylic acid groups (broad SMARTS) is 1. The number of hydrogen-bond donors (Lipinski definition) is 2. The molecule has 1 aliphatic carbocycles. The molecule has 0 bridgehead atoms. The third kappa shape index (κ3) is 5.87. The summed E-state index contributed by atoms with van der Waals surface area (Å²) in [7, 11) is 0. The number of carbonyl (C=O) groups excluding carboxylic acids is 1. The van der Waals surface area contributed by atoms with E-state index in [9.17, 15) is 14.7 Å². The van der Waals surface area contributed by atoms with Gasteiger partial charge in [-0.1, -0.05) is 41.7 Å². The van der Waals surface area contributed by atoms with Crippen molar-refractivity contribution in [2.45, 2.75) is 44.6 Å². The van der Waals surface area contributed by atoms with Crippen LogP contribution in [-0.2, 0) is 25.8 Å². The number of aromatic nitrogens is 2. The highest BCUT2D eigenvalue weighted by Gasteiger charge is 2.28. The minimum Gasteiger partial charge on any atom is -0.494 e. The number of carboxylic acids is 1. The van der Waals surface area contributed by atoms with Gasteiger partial charge in [0.1, 0.15) is 5.75 Å². The first-order chi connectivity index (χ1) is 22.0. The van der Waals surface area contributed by atoms with Crippen LogP contribution in [0.2, 0.25) is 0 Å². The van der Waals surface area contributed by atoms with E-state index in [0.717, 1.165) is 39.9 Å². The number of ether oxygens (including phenoxy) is 1. The number of carbonyl (C=O) groups is 2. The normalized spacial score (nSPS) is 15.1. The molecule has 5 aromatic rings. The third-order valence-electron chi connectivity index (χ3n) is 8.37. The third-order valence-corrected chi connectivity index (χ3v) is 10.5. The van der Waals surface area contributed by atoms with Crippen molar-refractivity contribution in [3.63, 3.8) is 0 Å². The van der Waals surface area contributed by atoms with Crippen LogP contribution >= 0.6 is 22.7 Å². The van der Waals surface area contributed by atoms with Crippen molar-refractivity contribution in [2.24, 2.45) is 0 Å². The molecule has 0 fully saturated rings. The fraction of sp³-hybridized carbons (Fsp3) is 0.265. The Kier molecular flexibility index (Phi) is 7.92. The van der Waals surface area contributed by atoms with Gasteiger partial charge in [-0.25, -0.2) is 14.8 Å². The Morgan fingerprint density at radius 1 is 1.09 bits per heavy atom. The summed E-state index contributed by atoms with van der Waals surface area (Å²) in [6.45, 7) is 1.59. The number of anilines is 2. The lowest BCUT2D eigenvalue weighted by atomic mass is 9.76. The van der Waals surface area contributed by atoms with Crippen LogP contribution in [0.3, 0.4) is 0 Å². The summed E-state index contributed by atoms with van der Waals surface area (Å²) in [6.07, 6.45) is 3.36. The zero-order valence-electron chi connectivity index (χ0n) is 24.3. The van der Waals surface area contributed by atoms with Crippen LogP contribution in [0.25, 0.3) is 10.2 Å². The lowest BCUT2D eigenvalue weighted by molar-refractivity contribution is 0.0690. The van der Waals surface area contributed by atoms with Gasteiger partial charge in [0.2, 0.25) is 0 Å². The van der Waals surface area contributed by atoms with Gasteiger partial charge in [0.05, 0.1) is 22.9 Å². The monoisotopic (exact) mass is 635 g/mol. The fourth-order valence-corrected chi connectivity index (χ4v) is 8.04. The molecule has 1 atom stereocenters. The number of aryl methyl sites for hydroxylation is 1. The van der Waals surface area contributed by atoms with Crippen LogP contribution in [0, 0.1) is 11.3 Å². The molecule has 1 unspecified atom stereocenters. The van der Waals surface area contributed by atoms with E-state index in [1.165, 1.54) is 33.8 Å². The molecule has 9 nitrogen and oxygen atoms in total. The molecular weight excluding hydrogens is 607 g/mol. The summed E-state index contributed by atoms with van der Waals surface area (Å²) >= 11 is 2.83. The summed E-state index contributed by atoms with van der Waals surface area (Å²) in [5.74, 6) is -0.136. The predicted molar refractivity (Wildman–Crippen MR) is 175 cm³/mol. The van der Waals surface area contributed by atoms with Crippen molar-refractivity contribution in [1.82, 2.24) is 9.97 Å². The first-order valence-electron chi connectivity index (χ1n) is 14.8. The molecule has 0 saturated carbocycles. The topological polar surface area (TPSA) is 128 Å². The number of hydrogen-bond acceptors (Lipinski definition) is 9. The number of amides is 1. The lowest BCUT2D eigenvalue weighted by Crippen LogP contribution is -2.32. The quantitative estimate of drug-likeness (QED) is 0.160. The van der Waals surface area contributed by atoms with Gasteiger partial charge in [-0.2, -0.15) is 5.26 Å². The molecule has 3 heterocycles. The summed E-state index contributed by atoms with van der Waals surface area (Å²) in [5.41, 5.74) is 5.99. The smallest absolute Gasteiger partial charge is 0.355 e. The number of rotatable bonds is 10.